The van der Waals surface area contributed by atoms with Gasteiger partial charge in [0.2, 0.25) is 0 Å². The van der Waals surface area contributed by atoms with E-state index in [9.17, 15) is 0 Å². The average Bonchev–Trinajstić information content (AvgIpc) is 3.32. The van der Waals surface area contributed by atoms with Crippen LogP contribution in [0.3, 0.4) is 0 Å². The van der Waals surface area contributed by atoms with Crippen LogP contribution in [0.1, 0.15) is 5.56 Å². The molecular formula is C24H17N3. The highest BCUT2D eigenvalue weighted by atomic mass is 14.9. The lowest BCUT2D eigenvalue weighted by molar-refractivity contribution is 1.34. The van der Waals surface area contributed by atoms with Crippen LogP contribution in [0.2, 0.25) is 0 Å². The average molecular weight is 347 g/mol. The molecule has 0 fully saturated rings. The zero-order valence-corrected chi connectivity index (χ0v) is 14.9. The molecule has 128 valence electrons. The van der Waals surface area contributed by atoms with Gasteiger partial charge in [-0.05, 0) is 29.8 Å². The summed E-state index contributed by atoms with van der Waals surface area (Å²) in [6.07, 6.45) is 2.04. The minimum atomic E-state index is 0.904. The number of H-pyrrole nitrogens is 2. The molecule has 3 nitrogen and oxygen atoms in total. The number of aromatic nitrogens is 3. The molecular weight excluding hydrogens is 330 g/mol. The predicted octanol–water partition coefficient (Wildman–Crippen LogP) is 6.33. The van der Waals surface area contributed by atoms with Gasteiger partial charge in [-0.2, -0.15) is 0 Å². The Balaban J connectivity index is 1.78. The molecule has 0 radical (unpaired) electrons. The molecule has 0 unspecified atom stereocenters. The summed E-state index contributed by atoms with van der Waals surface area (Å²) in [6, 6.07) is 23.5. The van der Waals surface area contributed by atoms with Gasteiger partial charge in [0, 0.05) is 33.4 Å². The van der Waals surface area contributed by atoms with Crippen LogP contribution in [0.15, 0.2) is 72.9 Å². The molecule has 0 bridgehead atoms. The van der Waals surface area contributed by atoms with Gasteiger partial charge in [0.05, 0.1) is 11.0 Å². The number of rotatable bonds is 1. The molecule has 2 N–H and O–H groups in total. The Hall–Kier alpha value is -3.59. The summed E-state index contributed by atoms with van der Waals surface area (Å²) in [5, 5.41) is 6.10. The quantitative estimate of drug-likeness (QED) is 0.336. The van der Waals surface area contributed by atoms with Crippen molar-refractivity contribution in [3.05, 3.63) is 78.5 Å². The first-order valence-electron chi connectivity index (χ1n) is 9.17. The van der Waals surface area contributed by atoms with Crippen LogP contribution in [-0.4, -0.2) is 15.0 Å². The van der Waals surface area contributed by atoms with Crippen LogP contribution in [0.25, 0.3) is 54.9 Å². The number of nitrogens with zero attached hydrogens (tertiary/aromatic N) is 1. The lowest BCUT2D eigenvalue weighted by Crippen LogP contribution is -1.83. The Morgan fingerprint density at radius 2 is 1.48 bits per heavy atom. The van der Waals surface area contributed by atoms with Crippen molar-refractivity contribution in [3.8, 4) is 11.4 Å². The zero-order chi connectivity index (χ0) is 18.0. The van der Waals surface area contributed by atoms with Crippen molar-refractivity contribution < 1.29 is 0 Å². The number of benzene rings is 4. The van der Waals surface area contributed by atoms with E-state index in [4.69, 9.17) is 4.98 Å². The largest absolute Gasteiger partial charge is 0.360 e. The van der Waals surface area contributed by atoms with Gasteiger partial charge in [-0.15, -0.1) is 0 Å². The SMILES string of the molecule is Cc1ccc2c3ccccc3c3[nH]c(-c4c[nH]c5ccccc45)nc3c2c1. The minimum Gasteiger partial charge on any atom is -0.360 e. The molecule has 27 heavy (non-hydrogen) atoms. The summed E-state index contributed by atoms with van der Waals surface area (Å²) in [7, 11) is 0. The molecule has 0 spiro atoms. The molecule has 0 aliphatic heterocycles. The van der Waals surface area contributed by atoms with E-state index in [2.05, 4.69) is 77.6 Å². The molecule has 0 saturated heterocycles. The molecule has 2 heterocycles. The van der Waals surface area contributed by atoms with E-state index in [0.29, 0.717) is 0 Å². The summed E-state index contributed by atoms with van der Waals surface area (Å²) in [6.45, 7) is 2.13. The van der Waals surface area contributed by atoms with Crippen molar-refractivity contribution in [2.45, 2.75) is 6.92 Å². The second kappa shape index (κ2) is 5.21. The van der Waals surface area contributed by atoms with Gasteiger partial charge in [-0.3, -0.25) is 0 Å². The maximum atomic E-state index is 5.05. The van der Waals surface area contributed by atoms with Crippen molar-refractivity contribution in [2.75, 3.05) is 0 Å². The van der Waals surface area contributed by atoms with Gasteiger partial charge in [-0.25, -0.2) is 4.98 Å². The van der Waals surface area contributed by atoms with Crippen LogP contribution in [-0.2, 0) is 0 Å². The van der Waals surface area contributed by atoms with Crippen LogP contribution in [0.4, 0.5) is 0 Å². The fraction of sp³-hybridized carbons (Fsp3) is 0.0417. The van der Waals surface area contributed by atoms with E-state index < -0.39 is 0 Å². The lowest BCUT2D eigenvalue weighted by Gasteiger charge is -2.06. The first-order chi connectivity index (χ1) is 13.3. The normalized spacial score (nSPS) is 11.9. The van der Waals surface area contributed by atoms with Crippen molar-refractivity contribution in [2.24, 2.45) is 0 Å². The molecule has 0 amide bonds. The third kappa shape index (κ3) is 1.99. The summed E-state index contributed by atoms with van der Waals surface area (Å²) in [5.74, 6) is 0.904. The van der Waals surface area contributed by atoms with E-state index in [1.807, 2.05) is 12.3 Å². The first kappa shape index (κ1) is 14.6. The summed E-state index contributed by atoms with van der Waals surface area (Å²) in [4.78, 5) is 12.0. The summed E-state index contributed by atoms with van der Waals surface area (Å²) in [5.41, 5.74) is 5.61. The standard InChI is InChI=1S/C24H17N3/c1-14-10-11-16-15-6-2-3-8-18(15)22-23(19(16)12-14)27-24(26-22)20-13-25-21-9-5-4-7-17(20)21/h2-13,25H,1H3,(H,26,27). The monoisotopic (exact) mass is 347 g/mol. The number of aromatic amines is 2. The first-order valence-corrected chi connectivity index (χ1v) is 9.17. The van der Waals surface area contributed by atoms with Crippen LogP contribution < -0.4 is 0 Å². The Morgan fingerprint density at radius 3 is 2.37 bits per heavy atom. The van der Waals surface area contributed by atoms with Crippen LogP contribution >= 0.6 is 0 Å². The number of hydrogen-bond acceptors (Lipinski definition) is 1. The van der Waals surface area contributed by atoms with Gasteiger partial charge in [-0.1, -0.05) is 60.2 Å². The smallest absolute Gasteiger partial charge is 0.140 e. The number of fused-ring (bicyclic) bond motifs is 7. The van der Waals surface area contributed by atoms with Crippen LogP contribution in [0, 0.1) is 6.92 Å². The topological polar surface area (TPSA) is 44.5 Å². The zero-order valence-electron chi connectivity index (χ0n) is 14.9. The van der Waals surface area contributed by atoms with Crippen molar-refractivity contribution >= 4 is 43.5 Å². The molecule has 2 aromatic heterocycles. The van der Waals surface area contributed by atoms with Gasteiger partial charge in [0.25, 0.3) is 0 Å². The Kier molecular flexibility index (Phi) is 2.81. The third-order valence-electron chi connectivity index (χ3n) is 5.46. The molecule has 0 atom stereocenters. The Morgan fingerprint density at radius 1 is 0.741 bits per heavy atom. The fourth-order valence-corrected chi connectivity index (χ4v) is 4.18. The second-order valence-corrected chi connectivity index (χ2v) is 7.15. The van der Waals surface area contributed by atoms with Crippen molar-refractivity contribution in [1.29, 1.82) is 0 Å². The molecule has 0 saturated carbocycles. The van der Waals surface area contributed by atoms with Gasteiger partial charge in [0.1, 0.15) is 5.82 Å². The number of aryl methyl sites for hydroxylation is 1. The maximum absolute atomic E-state index is 5.05. The summed E-state index contributed by atoms with van der Waals surface area (Å²) < 4.78 is 0. The highest BCUT2D eigenvalue weighted by Gasteiger charge is 2.15. The predicted molar refractivity (Wildman–Crippen MR) is 113 cm³/mol. The number of imidazole rings is 1. The number of hydrogen-bond donors (Lipinski definition) is 2. The third-order valence-corrected chi connectivity index (χ3v) is 5.46. The molecule has 6 rings (SSSR count). The number of para-hydroxylation sites is 1. The van der Waals surface area contributed by atoms with Crippen molar-refractivity contribution in [1.82, 2.24) is 15.0 Å². The lowest BCUT2D eigenvalue weighted by atomic mass is 9.99. The summed E-state index contributed by atoms with van der Waals surface area (Å²) >= 11 is 0. The van der Waals surface area contributed by atoms with Crippen molar-refractivity contribution in [3.63, 3.8) is 0 Å². The Labute approximate surface area is 155 Å². The molecule has 0 aliphatic rings. The van der Waals surface area contributed by atoms with E-state index in [-0.39, 0.29) is 0 Å². The van der Waals surface area contributed by atoms with Gasteiger partial charge < -0.3 is 9.97 Å². The Bertz CT molecular complexity index is 1480. The van der Waals surface area contributed by atoms with E-state index in [1.54, 1.807) is 0 Å². The molecule has 3 heteroatoms. The second-order valence-electron chi connectivity index (χ2n) is 7.15. The van der Waals surface area contributed by atoms with Gasteiger partial charge >= 0.3 is 0 Å². The molecule has 6 aromatic rings. The maximum Gasteiger partial charge on any atom is 0.140 e. The van der Waals surface area contributed by atoms with Gasteiger partial charge in [0.15, 0.2) is 0 Å². The fourth-order valence-electron chi connectivity index (χ4n) is 4.18. The van der Waals surface area contributed by atoms with E-state index in [0.717, 1.165) is 27.9 Å². The van der Waals surface area contributed by atoms with E-state index in [1.165, 1.54) is 32.5 Å². The van der Waals surface area contributed by atoms with E-state index >= 15 is 0 Å². The highest BCUT2D eigenvalue weighted by molar-refractivity contribution is 6.23. The molecule has 4 aromatic carbocycles. The highest BCUT2D eigenvalue weighted by Crippen LogP contribution is 2.36. The molecule has 0 aliphatic carbocycles. The number of nitrogens with one attached hydrogen (secondary N) is 2. The minimum absolute atomic E-state index is 0.904. The van der Waals surface area contributed by atoms with Crippen LogP contribution in [0.5, 0.6) is 0 Å².